The Hall–Kier alpha value is -1.42. The van der Waals surface area contributed by atoms with E-state index in [1.54, 1.807) is 20.0 Å². The number of hydrogen-bond donors (Lipinski definition) is 2. The minimum Gasteiger partial charge on any atom is -0.394 e. The topological polar surface area (TPSA) is 105 Å². The molecular weight excluding hydrogens is 300 g/mol. The van der Waals surface area contributed by atoms with Gasteiger partial charge in [0.1, 0.15) is 12.3 Å². The molecule has 0 aromatic carbocycles. The van der Waals surface area contributed by atoms with Crippen LogP contribution in [-0.4, -0.2) is 56.3 Å². The minimum atomic E-state index is -3.62. The Morgan fingerprint density at radius 3 is 2.67 bits per heavy atom. The highest BCUT2D eigenvalue weighted by molar-refractivity contribution is 7.85. The molecule has 0 bridgehead atoms. The lowest BCUT2D eigenvalue weighted by Crippen LogP contribution is -2.47. The molecule has 0 spiro atoms. The van der Waals surface area contributed by atoms with Crippen molar-refractivity contribution in [3.8, 4) is 0 Å². The number of amides is 2. The first kappa shape index (κ1) is 17.6. The fourth-order valence-corrected chi connectivity index (χ4v) is 1.99. The number of hydrogen-bond acceptors (Lipinski definition) is 6. The second-order valence-corrected chi connectivity index (χ2v) is 6.30. The van der Waals surface area contributed by atoms with Gasteiger partial charge in [-0.3, -0.25) is 9.08 Å². The molecule has 0 aromatic heterocycles. The summed E-state index contributed by atoms with van der Waals surface area (Å²) in [5.74, 6) is 0. The van der Waals surface area contributed by atoms with Crippen molar-refractivity contribution < 1.29 is 27.2 Å². The zero-order valence-corrected chi connectivity index (χ0v) is 13.0. The Balaban J connectivity index is 2.67. The summed E-state index contributed by atoms with van der Waals surface area (Å²) in [6.07, 6.45) is 0.882. The summed E-state index contributed by atoms with van der Waals surface area (Å²) in [7, 11) is -3.62. The number of ether oxygens (including phenoxy) is 1. The van der Waals surface area contributed by atoms with Crippen LogP contribution in [0.4, 0.5) is 4.79 Å². The van der Waals surface area contributed by atoms with Crippen LogP contribution in [0.3, 0.4) is 0 Å². The summed E-state index contributed by atoms with van der Waals surface area (Å²) in [6.45, 7) is 6.28. The van der Waals surface area contributed by atoms with E-state index in [-0.39, 0.29) is 6.61 Å². The van der Waals surface area contributed by atoms with E-state index in [0.29, 0.717) is 5.70 Å². The van der Waals surface area contributed by atoms with E-state index >= 15 is 0 Å². The van der Waals surface area contributed by atoms with Crippen molar-refractivity contribution in [1.82, 2.24) is 10.2 Å². The predicted molar refractivity (Wildman–Crippen MR) is 75.5 cm³/mol. The van der Waals surface area contributed by atoms with Crippen LogP contribution < -0.4 is 5.32 Å². The number of carbonyl (C=O) groups is 1. The molecule has 0 saturated carbocycles. The van der Waals surface area contributed by atoms with Crippen LogP contribution in [-0.2, 0) is 19.0 Å². The van der Waals surface area contributed by atoms with Crippen LogP contribution in [0.1, 0.15) is 13.8 Å². The van der Waals surface area contributed by atoms with E-state index in [0.717, 1.165) is 11.8 Å². The molecule has 1 rings (SSSR count). The third kappa shape index (κ3) is 5.46. The Morgan fingerprint density at radius 1 is 1.52 bits per heavy atom. The van der Waals surface area contributed by atoms with E-state index in [9.17, 15) is 18.3 Å². The number of aliphatic hydroxyl groups excluding tert-OH is 1. The SMILES string of the molecule is C=C1NC(=O)N([C@@H](C)O[C@H](CO)COS(C)(=O)=O)C=C1C. The van der Waals surface area contributed by atoms with Crippen molar-refractivity contribution in [2.24, 2.45) is 0 Å². The molecule has 21 heavy (non-hydrogen) atoms. The van der Waals surface area contributed by atoms with Gasteiger partial charge < -0.3 is 15.2 Å². The first-order valence-corrected chi connectivity index (χ1v) is 8.03. The van der Waals surface area contributed by atoms with Crippen LogP contribution >= 0.6 is 0 Å². The number of urea groups is 1. The quantitative estimate of drug-likeness (QED) is 0.646. The molecule has 0 radical (unpaired) electrons. The van der Waals surface area contributed by atoms with Crippen molar-refractivity contribution in [3.05, 3.63) is 24.0 Å². The average molecular weight is 320 g/mol. The molecule has 9 heteroatoms. The summed E-state index contributed by atoms with van der Waals surface area (Å²) in [5, 5.41) is 11.7. The van der Waals surface area contributed by atoms with Crippen molar-refractivity contribution in [2.45, 2.75) is 26.2 Å². The summed E-state index contributed by atoms with van der Waals surface area (Å²) >= 11 is 0. The van der Waals surface area contributed by atoms with E-state index in [1.807, 2.05) is 0 Å². The molecule has 0 aliphatic carbocycles. The van der Waals surface area contributed by atoms with Gasteiger partial charge in [-0.1, -0.05) is 6.58 Å². The summed E-state index contributed by atoms with van der Waals surface area (Å²) < 4.78 is 31.8. The van der Waals surface area contributed by atoms with E-state index < -0.39 is 35.1 Å². The maximum absolute atomic E-state index is 11.8. The lowest BCUT2D eigenvalue weighted by atomic mass is 10.2. The van der Waals surface area contributed by atoms with Gasteiger partial charge in [0.05, 0.1) is 19.5 Å². The molecule has 120 valence electrons. The van der Waals surface area contributed by atoms with Crippen molar-refractivity contribution in [2.75, 3.05) is 19.5 Å². The largest absolute Gasteiger partial charge is 0.394 e. The lowest BCUT2D eigenvalue weighted by molar-refractivity contribution is -0.0893. The molecule has 0 saturated heterocycles. The second kappa shape index (κ2) is 7.03. The maximum atomic E-state index is 11.8. The van der Waals surface area contributed by atoms with Crippen molar-refractivity contribution in [1.29, 1.82) is 0 Å². The Bertz CT molecular complexity index is 542. The summed E-state index contributed by atoms with van der Waals surface area (Å²) in [6, 6.07) is -0.418. The van der Waals surface area contributed by atoms with E-state index in [4.69, 9.17) is 4.74 Å². The van der Waals surface area contributed by atoms with Crippen LogP contribution in [0, 0.1) is 0 Å². The second-order valence-electron chi connectivity index (χ2n) is 4.66. The smallest absolute Gasteiger partial charge is 0.327 e. The molecule has 1 heterocycles. The average Bonchev–Trinajstić information content (AvgIpc) is 2.37. The fraction of sp³-hybridized carbons (Fsp3) is 0.583. The predicted octanol–water partition coefficient (Wildman–Crippen LogP) is 0.129. The number of nitrogens with zero attached hydrogens (tertiary/aromatic N) is 1. The zero-order chi connectivity index (χ0) is 16.2. The monoisotopic (exact) mass is 320 g/mol. The first-order valence-electron chi connectivity index (χ1n) is 6.21. The molecular formula is C12H20N2O6S. The third-order valence-electron chi connectivity index (χ3n) is 2.75. The van der Waals surface area contributed by atoms with E-state index in [2.05, 4.69) is 16.1 Å². The van der Waals surface area contributed by atoms with Gasteiger partial charge >= 0.3 is 6.03 Å². The standard InChI is InChI=1S/C12H20N2O6S/c1-8-5-14(12(16)13-9(8)2)10(3)20-11(6-15)7-19-21(4,17)18/h5,10-11,15H,2,6-7H2,1,3-4H3,(H,13,16)/t10-,11-/m1/s1. The summed E-state index contributed by atoms with van der Waals surface area (Å²) in [4.78, 5) is 13.1. The minimum absolute atomic E-state index is 0.329. The zero-order valence-electron chi connectivity index (χ0n) is 12.2. The highest BCUT2D eigenvalue weighted by Crippen LogP contribution is 2.16. The normalized spacial score (nSPS) is 19.0. The number of rotatable bonds is 7. The van der Waals surface area contributed by atoms with Gasteiger partial charge in [-0.2, -0.15) is 8.42 Å². The highest BCUT2D eigenvalue weighted by atomic mass is 32.2. The summed E-state index contributed by atoms with van der Waals surface area (Å²) in [5.41, 5.74) is 1.26. The maximum Gasteiger partial charge on any atom is 0.327 e. The van der Waals surface area contributed by atoms with Crippen LogP contribution in [0.2, 0.25) is 0 Å². The Kier molecular flexibility index (Phi) is 5.90. The molecule has 0 fully saturated rings. The molecule has 1 aliphatic rings. The van der Waals surface area contributed by atoms with Crippen molar-refractivity contribution >= 4 is 16.1 Å². The first-order chi connectivity index (χ1) is 9.64. The molecule has 2 N–H and O–H groups in total. The number of carbonyl (C=O) groups excluding carboxylic acids is 1. The molecule has 2 amide bonds. The fourth-order valence-electron chi connectivity index (χ4n) is 1.59. The van der Waals surface area contributed by atoms with Crippen LogP contribution in [0.25, 0.3) is 0 Å². The highest BCUT2D eigenvalue weighted by Gasteiger charge is 2.26. The van der Waals surface area contributed by atoms with Gasteiger partial charge in [0.25, 0.3) is 10.1 Å². The number of allylic oxidation sites excluding steroid dienone is 1. The lowest BCUT2D eigenvalue weighted by Gasteiger charge is -2.32. The molecule has 0 unspecified atom stereocenters. The van der Waals surface area contributed by atoms with Crippen LogP contribution in [0.15, 0.2) is 24.0 Å². The van der Waals surface area contributed by atoms with Gasteiger partial charge in [0, 0.05) is 11.9 Å². The van der Waals surface area contributed by atoms with Crippen LogP contribution in [0.5, 0.6) is 0 Å². The van der Waals surface area contributed by atoms with E-state index in [1.165, 1.54) is 4.90 Å². The van der Waals surface area contributed by atoms with Gasteiger partial charge in [-0.05, 0) is 19.4 Å². The van der Waals surface area contributed by atoms with Crippen molar-refractivity contribution in [3.63, 3.8) is 0 Å². The van der Waals surface area contributed by atoms with Gasteiger partial charge in [0.2, 0.25) is 0 Å². The molecule has 1 aliphatic heterocycles. The number of aliphatic hydroxyl groups is 1. The Morgan fingerprint density at radius 2 is 2.14 bits per heavy atom. The Labute approximate surface area is 124 Å². The third-order valence-corrected chi connectivity index (χ3v) is 3.32. The van der Waals surface area contributed by atoms with Gasteiger partial charge in [-0.15, -0.1) is 0 Å². The number of nitrogens with one attached hydrogen (secondary N) is 1. The molecule has 8 nitrogen and oxygen atoms in total. The molecule has 2 atom stereocenters. The van der Waals surface area contributed by atoms with Gasteiger partial charge in [-0.25, -0.2) is 4.79 Å². The molecule has 0 aromatic rings. The van der Waals surface area contributed by atoms with Gasteiger partial charge in [0.15, 0.2) is 0 Å².